The summed E-state index contributed by atoms with van der Waals surface area (Å²) in [6, 6.07) is 0. The molecule has 0 unspecified atom stereocenters. The molecule has 8 nitrogen and oxygen atoms in total. The van der Waals surface area contributed by atoms with Crippen LogP contribution in [-0.4, -0.2) is 59.6 Å². The third-order valence-corrected chi connectivity index (χ3v) is 12.8. The van der Waals surface area contributed by atoms with Gasteiger partial charge in [-0.05, 0) is 96.3 Å². The monoisotopic (exact) mass is 945 g/mol. The molecular weight excluding hydrogens is 837 g/mol. The molecule has 0 aromatic carbocycles. The summed E-state index contributed by atoms with van der Waals surface area (Å²) in [5.74, 6) is -1.46. The summed E-state index contributed by atoms with van der Waals surface area (Å²) in [6.45, 7) is 5.70. The van der Waals surface area contributed by atoms with E-state index >= 15 is 0 Å². The van der Waals surface area contributed by atoms with Crippen molar-refractivity contribution in [2.75, 3.05) is 13.2 Å². The average Bonchev–Trinajstić information content (AvgIpc) is 3.33. The van der Waals surface area contributed by atoms with Crippen molar-refractivity contribution in [3.8, 4) is 0 Å². The van der Waals surface area contributed by atoms with E-state index < -0.39 is 42.8 Å². The van der Waals surface area contributed by atoms with Crippen molar-refractivity contribution in [3.63, 3.8) is 0 Å². The molecule has 0 aliphatic rings. The predicted octanol–water partition coefficient (Wildman–Crippen LogP) is 16.8. The quantitative estimate of drug-likeness (QED) is 0.0268. The Hall–Kier alpha value is -2.45. The molecule has 2 N–H and O–H groups in total. The zero-order chi connectivity index (χ0) is 48.9. The molecule has 0 aromatic heterocycles. The highest BCUT2D eigenvalue weighted by Crippen LogP contribution is 2.18. The fraction of sp³-hybridized carbons (Fsp3) is 0.847. The number of aliphatic hydroxyl groups is 2. The molecule has 0 aliphatic heterocycles. The van der Waals surface area contributed by atoms with Gasteiger partial charge >= 0.3 is 17.9 Å². The Bertz CT molecular complexity index is 1160. The molecule has 0 radical (unpaired) electrons. The molecule has 0 fully saturated rings. The number of carbonyl (C=O) groups excluding carboxylic acids is 3. The van der Waals surface area contributed by atoms with Gasteiger partial charge in [-0.15, -0.1) is 0 Å². The van der Waals surface area contributed by atoms with E-state index in [4.69, 9.17) is 14.2 Å². The Balaban J connectivity index is 4.84. The predicted molar refractivity (Wildman–Crippen MR) is 282 cm³/mol. The molecule has 0 bridgehead atoms. The molecule has 3 atom stereocenters. The van der Waals surface area contributed by atoms with Crippen LogP contribution < -0.4 is 0 Å². The Labute approximate surface area is 413 Å². The molecule has 0 amide bonds. The molecule has 0 heterocycles. The zero-order valence-corrected chi connectivity index (χ0v) is 44.2. The third-order valence-electron chi connectivity index (χ3n) is 12.8. The van der Waals surface area contributed by atoms with Gasteiger partial charge in [0, 0.05) is 19.3 Å². The maximum Gasteiger partial charge on any atom is 0.306 e. The first-order valence-corrected chi connectivity index (χ1v) is 28.7. The van der Waals surface area contributed by atoms with Gasteiger partial charge in [-0.3, -0.25) is 14.4 Å². The maximum atomic E-state index is 13.1. The number of carbonyl (C=O) groups is 3. The van der Waals surface area contributed by atoms with Crippen molar-refractivity contribution < 1.29 is 38.8 Å². The first-order chi connectivity index (χ1) is 32.9. The van der Waals surface area contributed by atoms with Gasteiger partial charge in [0.2, 0.25) is 0 Å². The average molecular weight is 946 g/mol. The molecular formula is C59H108O8. The van der Waals surface area contributed by atoms with Crippen molar-refractivity contribution >= 4 is 17.9 Å². The summed E-state index contributed by atoms with van der Waals surface area (Å²) < 4.78 is 17.1. The lowest BCUT2D eigenvalue weighted by atomic mass is 10.1. The van der Waals surface area contributed by atoms with Gasteiger partial charge in [-0.25, -0.2) is 0 Å². The van der Waals surface area contributed by atoms with Gasteiger partial charge in [-0.1, -0.05) is 211 Å². The number of rotatable bonds is 52. The van der Waals surface area contributed by atoms with Gasteiger partial charge < -0.3 is 24.4 Å². The van der Waals surface area contributed by atoms with Crippen molar-refractivity contribution in [1.29, 1.82) is 0 Å². The minimum atomic E-state index is -1.50. The van der Waals surface area contributed by atoms with Crippen LogP contribution in [0.2, 0.25) is 0 Å². The zero-order valence-electron chi connectivity index (χ0n) is 44.2. The van der Waals surface area contributed by atoms with Crippen LogP contribution >= 0.6 is 0 Å². The van der Waals surface area contributed by atoms with Crippen LogP contribution in [0.15, 0.2) is 36.5 Å². The van der Waals surface area contributed by atoms with Gasteiger partial charge in [0.15, 0.2) is 12.2 Å². The van der Waals surface area contributed by atoms with Crippen LogP contribution in [0.25, 0.3) is 0 Å². The number of ether oxygens (including phenoxy) is 3. The number of unbranched alkanes of at least 4 members (excludes halogenated alkanes) is 33. The van der Waals surface area contributed by atoms with E-state index in [1.807, 2.05) is 0 Å². The highest BCUT2D eigenvalue weighted by Gasteiger charge is 2.35. The van der Waals surface area contributed by atoms with Crippen molar-refractivity contribution in [2.24, 2.45) is 0 Å². The molecule has 8 heteroatoms. The number of allylic oxidation sites excluding steroid dienone is 6. The highest BCUT2D eigenvalue weighted by molar-refractivity contribution is 5.71. The van der Waals surface area contributed by atoms with E-state index in [1.165, 1.54) is 135 Å². The third kappa shape index (κ3) is 47.0. The topological polar surface area (TPSA) is 119 Å². The highest BCUT2D eigenvalue weighted by atomic mass is 16.6. The smallest absolute Gasteiger partial charge is 0.306 e. The van der Waals surface area contributed by atoms with Gasteiger partial charge in [0.05, 0.1) is 6.61 Å². The molecule has 0 aliphatic carbocycles. The second-order valence-corrected chi connectivity index (χ2v) is 19.4. The van der Waals surface area contributed by atoms with Gasteiger partial charge in [-0.2, -0.15) is 0 Å². The lowest BCUT2D eigenvalue weighted by Crippen LogP contribution is -2.47. The van der Waals surface area contributed by atoms with Crippen LogP contribution in [0, 0.1) is 0 Å². The van der Waals surface area contributed by atoms with Crippen LogP contribution in [0.5, 0.6) is 0 Å². The van der Waals surface area contributed by atoms with Crippen LogP contribution in [0.1, 0.15) is 290 Å². The normalized spacial score (nSPS) is 13.2. The molecule has 0 saturated heterocycles. The molecule has 67 heavy (non-hydrogen) atoms. The van der Waals surface area contributed by atoms with E-state index in [0.717, 1.165) is 96.3 Å². The van der Waals surface area contributed by atoms with E-state index in [9.17, 15) is 24.6 Å². The van der Waals surface area contributed by atoms with Crippen LogP contribution in [0.4, 0.5) is 0 Å². The lowest BCUT2D eigenvalue weighted by Gasteiger charge is -2.29. The number of aliphatic hydroxyl groups excluding tert-OH is 2. The summed E-state index contributed by atoms with van der Waals surface area (Å²) >= 11 is 0. The minimum absolute atomic E-state index is 0.150. The van der Waals surface area contributed by atoms with Gasteiger partial charge in [0.25, 0.3) is 0 Å². The lowest BCUT2D eigenvalue weighted by molar-refractivity contribution is -0.187. The molecule has 0 aromatic rings. The first kappa shape index (κ1) is 64.5. The maximum absolute atomic E-state index is 13.1. The Morgan fingerprint density at radius 3 is 0.955 bits per heavy atom. The summed E-state index contributed by atoms with van der Waals surface area (Å²) in [7, 11) is 0. The Morgan fingerprint density at radius 2 is 0.642 bits per heavy atom. The van der Waals surface area contributed by atoms with Gasteiger partial charge in [0.1, 0.15) is 12.7 Å². The fourth-order valence-corrected chi connectivity index (χ4v) is 8.41. The second-order valence-electron chi connectivity index (χ2n) is 19.4. The number of hydrogen-bond acceptors (Lipinski definition) is 8. The van der Waals surface area contributed by atoms with E-state index in [-0.39, 0.29) is 25.9 Å². The Morgan fingerprint density at radius 1 is 0.373 bits per heavy atom. The largest absolute Gasteiger partial charge is 0.462 e. The number of hydrogen-bond donors (Lipinski definition) is 2. The van der Waals surface area contributed by atoms with Crippen LogP contribution in [-0.2, 0) is 28.6 Å². The Kier molecular flexibility index (Phi) is 51.0. The summed E-state index contributed by atoms with van der Waals surface area (Å²) in [5.41, 5.74) is 0. The summed E-state index contributed by atoms with van der Waals surface area (Å²) in [5, 5.41) is 20.8. The number of esters is 3. The molecule has 0 rings (SSSR count). The summed E-state index contributed by atoms with van der Waals surface area (Å²) in [4.78, 5) is 39.0. The van der Waals surface area contributed by atoms with E-state index in [1.54, 1.807) is 0 Å². The standard InChI is InChI=1S/C59H108O8/c1-4-7-10-13-16-19-22-25-28-31-34-37-40-43-46-49-56(62)65-53-55(66-57(63)50-47-44-41-38-35-32-29-26-23-20-17-14-11-8-5-2)59(54(61)52-60)67-58(64)51-48-45-42-39-36-33-30-27-24-21-18-15-12-9-6-3/h25-30,54-55,59-61H,4-24,31-53H2,1-3H3/t54-,55+,59+/m1/s1. The van der Waals surface area contributed by atoms with Crippen molar-refractivity contribution in [1.82, 2.24) is 0 Å². The molecule has 0 spiro atoms. The van der Waals surface area contributed by atoms with E-state index in [2.05, 4.69) is 57.2 Å². The summed E-state index contributed by atoms with van der Waals surface area (Å²) in [6.07, 6.45) is 55.4. The fourth-order valence-electron chi connectivity index (χ4n) is 8.41. The van der Waals surface area contributed by atoms with Crippen molar-refractivity contribution in [3.05, 3.63) is 36.5 Å². The second kappa shape index (κ2) is 52.9. The molecule has 0 saturated carbocycles. The molecule has 392 valence electrons. The minimum Gasteiger partial charge on any atom is -0.462 e. The van der Waals surface area contributed by atoms with Crippen molar-refractivity contribution in [2.45, 2.75) is 309 Å². The van der Waals surface area contributed by atoms with Crippen LogP contribution in [0.3, 0.4) is 0 Å². The first-order valence-electron chi connectivity index (χ1n) is 28.7. The SMILES string of the molecule is CCCCCCCCC=CCCCCCCCC(=O)OC[C@H](OC(=O)CCCCCCCC=CCCCCCCCC)[C@@H](OC(=O)CCCCCCCC=CCCCCCCCC)[C@H](O)CO. The van der Waals surface area contributed by atoms with E-state index in [0.29, 0.717) is 19.3 Å².